The average molecular weight is 414 g/mol. The Bertz CT molecular complexity index is 827. The Labute approximate surface area is 164 Å². The Hall–Kier alpha value is -2.24. The molecule has 1 aromatic rings. The first-order valence-electron chi connectivity index (χ1n) is 8.94. The SMILES string of the molecule is COc1cc([N+](=O)[O-])ccc1S(=O)(=O)NCCCN1CCCC1C(=O)N(C)C. The number of carbonyl (C=O) groups is 1. The minimum Gasteiger partial charge on any atom is -0.495 e. The first-order chi connectivity index (χ1) is 13.2. The highest BCUT2D eigenvalue weighted by Gasteiger charge is 2.31. The number of non-ortho nitro benzene ring substituents is 1. The third kappa shape index (κ3) is 5.18. The number of likely N-dealkylation sites (tertiary alicyclic amines) is 1. The molecule has 0 spiro atoms. The van der Waals surface area contributed by atoms with Gasteiger partial charge in [-0.2, -0.15) is 0 Å². The lowest BCUT2D eigenvalue weighted by Gasteiger charge is -2.26. The second-order valence-electron chi connectivity index (χ2n) is 6.77. The van der Waals surface area contributed by atoms with Crippen molar-refractivity contribution in [3.8, 4) is 5.75 Å². The van der Waals surface area contributed by atoms with E-state index in [0.29, 0.717) is 13.0 Å². The van der Waals surface area contributed by atoms with E-state index in [2.05, 4.69) is 9.62 Å². The van der Waals surface area contributed by atoms with Gasteiger partial charge in [-0.25, -0.2) is 13.1 Å². The standard InChI is InChI=1S/C17H26N4O6S/c1-19(2)17(22)14-6-4-10-20(14)11-5-9-18-28(25,26)16-8-7-13(21(23)24)12-15(16)27-3/h7-8,12,14,18H,4-6,9-11H2,1-3H3. The van der Waals surface area contributed by atoms with Crippen LogP contribution >= 0.6 is 0 Å². The van der Waals surface area contributed by atoms with Gasteiger partial charge in [0.25, 0.3) is 5.69 Å². The molecule has 0 radical (unpaired) electrons. The van der Waals surface area contributed by atoms with Crippen LogP contribution < -0.4 is 9.46 Å². The van der Waals surface area contributed by atoms with E-state index in [9.17, 15) is 23.3 Å². The van der Waals surface area contributed by atoms with E-state index in [1.165, 1.54) is 7.11 Å². The Kier molecular flexibility index (Phi) is 7.33. The number of benzene rings is 1. The molecular formula is C17H26N4O6S. The molecule has 0 aromatic heterocycles. The number of hydrogen-bond donors (Lipinski definition) is 1. The number of likely N-dealkylation sites (N-methyl/N-ethyl adjacent to an activating group) is 1. The Balaban J connectivity index is 1.95. The summed E-state index contributed by atoms with van der Waals surface area (Å²) in [6.45, 7) is 1.60. The normalized spacial score (nSPS) is 17.5. The largest absolute Gasteiger partial charge is 0.495 e. The first kappa shape index (κ1) is 22.1. The second kappa shape index (κ2) is 9.30. The molecule has 156 valence electrons. The van der Waals surface area contributed by atoms with Gasteiger partial charge in [-0.1, -0.05) is 0 Å². The highest BCUT2D eigenvalue weighted by molar-refractivity contribution is 7.89. The Morgan fingerprint density at radius 1 is 1.43 bits per heavy atom. The molecule has 1 fully saturated rings. The molecule has 1 aromatic carbocycles. The number of nitrogens with zero attached hydrogens (tertiary/aromatic N) is 3. The van der Waals surface area contributed by atoms with E-state index >= 15 is 0 Å². The molecule has 1 heterocycles. The van der Waals surface area contributed by atoms with Crippen LogP contribution in [0, 0.1) is 10.1 Å². The number of ether oxygens (including phenoxy) is 1. The summed E-state index contributed by atoms with van der Waals surface area (Å²) in [5.74, 6) is -0.0217. The third-order valence-electron chi connectivity index (χ3n) is 4.65. The number of rotatable bonds is 9. The summed E-state index contributed by atoms with van der Waals surface area (Å²) in [5, 5.41) is 10.8. The molecule has 10 nitrogen and oxygen atoms in total. The van der Waals surface area contributed by atoms with Crippen LogP contribution in [0.2, 0.25) is 0 Å². The van der Waals surface area contributed by atoms with Crippen LogP contribution in [-0.2, 0) is 14.8 Å². The zero-order chi connectivity index (χ0) is 20.9. The molecule has 1 atom stereocenters. The molecule has 28 heavy (non-hydrogen) atoms. The van der Waals surface area contributed by atoms with Gasteiger partial charge >= 0.3 is 0 Å². The average Bonchev–Trinajstić information content (AvgIpc) is 3.12. The van der Waals surface area contributed by atoms with E-state index in [4.69, 9.17) is 4.74 Å². The fourth-order valence-electron chi connectivity index (χ4n) is 3.23. The molecule has 1 unspecified atom stereocenters. The number of nitrogens with one attached hydrogen (secondary N) is 1. The minimum atomic E-state index is -3.88. The maximum absolute atomic E-state index is 12.5. The van der Waals surface area contributed by atoms with Gasteiger partial charge in [-0.05, 0) is 31.9 Å². The number of nitro benzene ring substituents is 1. The lowest BCUT2D eigenvalue weighted by Crippen LogP contribution is -2.43. The summed E-state index contributed by atoms with van der Waals surface area (Å²) < 4.78 is 32.5. The molecule has 0 saturated carbocycles. The lowest BCUT2D eigenvalue weighted by atomic mass is 10.2. The van der Waals surface area contributed by atoms with E-state index in [1.807, 2.05) is 0 Å². The van der Waals surface area contributed by atoms with Crippen LogP contribution in [0.15, 0.2) is 23.1 Å². The van der Waals surface area contributed by atoms with Crippen molar-refractivity contribution in [1.29, 1.82) is 0 Å². The topological polar surface area (TPSA) is 122 Å². The zero-order valence-electron chi connectivity index (χ0n) is 16.3. The van der Waals surface area contributed by atoms with E-state index in [1.54, 1.807) is 19.0 Å². The van der Waals surface area contributed by atoms with Crippen molar-refractivity contribution in [2.45, 2.75) is 30.2 Å². The van der Waals surface area contributed by atoms with Crippen LogP contribution in [0.1, 0.15) is 19.3 Å². The summed E-state index contributed by atoms with van der Waals surface area (Å²) in [4.78, 5) is 25.9. The smallest absolute Gasteiger partial charge is 0.273 e. The minimum absolute atomic E-state index is 0.0636. The van der Waals surface area contributed by atoms with Crippen LogP contribution in [0.25, 0.3) is 0 Å². The summed E-state index contributed by atoms with van der Waals surface area (Å²) in [7, 11) is 0.835. The first-order valence-corrected chi connectivity index (χ1v) is 10.4. The quantitative estimate of drug-likeness (QED) is 0.361. The van der Waals surface area contributed by atoms with Crippen LogP contribution in [0.3, 0.4) is 0 Å². The third-order valence-corrected chi connectivity index (χ3v) is 6.15. The summed E-state index contributed by atoms with van der Waals surface area (Å²) in [6.07, 6.45) is 2.28. The number of amides is 1. The van der Waals surface area contributed by atoms with Gasteiger partial charge in [0, 0.05) is 33.3 Å². The summed E-state index contributed by atoms with van der Waals surface area (Å²) >= 11 is 0. The van der Waals surface area contributed by atoms with E-state index < -0.39 is 14.9 Å². The monoisotopic (exact) mass is 414 g/mol. The van der Waals surface area contributed by atoms with Crippen LogP contribution in [0.4, 0.5) is 5.69 Å². The molecule has 2 rings (SSSR count). The van der Waals surface area contributed by atoms with Crippen molar-refractivity contribution in [3.63, 3.8) is 0 Å². The van der Waals surface area contributed by atoms with Crippen molar-refractivity contribution in [2.75, 3.05) is 40.8 Å². The van der Waals surface area contributed by atoms with Gasteiger partial charge in [0.1, 0.15) is 10.6 Å². The predicted octanol–water partition coefficient (Wildman–Crippen LogP) is 0.824. The van der Waals surface area contributed by atoms with Gasteiger partial charge in [-0.3, -0.25) is 19.8 Å². The fraction of sp³-hybridized carbons (Fsp3) is 0.588. The molecule has 1 aliphatic heterocycles. The van der Waals surface area contributed by atoms with Crippen molar-refractivity contribution in [3.05, 3.63) is 28.3 Å². The predicted molar refractivity (Wildman–Crippen MR) is 103 cm³/mol. The molecule has 1 aliphatic rings. The van der Waals surface area contributed by atoms with E-state index in [-0.39, 0.29) is 34.8 Å². The molecule has 1 N–H and O–H groups in total. The van der Waals surface area contributed by atoms with Crippen LogP contribution in [0.5, 0.6) is 5.75 Å². The van der Waals surface area contributed by atoms with Gasteiger partial charge in [-0.15, -0.1) is 0 Å². The van der Waals surface area contributed by atoms with Gasteiger partial charge in [0.05, 0.1) is 24.1 Å². The lowest BCUT2D eigenvalue weighted by molar-refractivity contribution is -0.385. The highest BCUT2D eigenvalue weighted by atomic mass is 32.2. The number of methoxy groups -OCH3 is 1. The van der Waals surface area contributed by atoms with Crippen molar-refractivity contribution < 1.29 is 22.9 Å². The molecular weight excluding hydrogens is 388 g/mol. The van der Waals surface area contributed by atoms with Crippen LogP contribution in [-0.4, -0.2) is 75.9 Å². The van der Waals surface area contributed by atoms with Gasteiger partial charge < -0.3 is 9.64 Å². The van der Waals surface area contributed by atoms with Gasteiger partial charge in [0.15, 0.2) is 0 Å². The Morgan fingerprint density at radius 3 is 2.75 bits per heavy atom. The fourth-order valence-corrected chi connectivity index (χ4v) is 4.45. The maximum Gasteiger partial charge on any atom is 0.273 e. The second-order valence-corrected chi connectivity index (χ2v) is 8.51. The van der Waals surface area contributed by atoms with Crippen molar-refractivity contribution in [2.24, 2.45) is 0 Å². The molecule has 1 amide bonds. The maximum atomic E-state index is 12.5. The Morgan fingerprint density at radius 2 is 2.14 bits per heavy atom. The van der Waals surface area contributed by atoms with Gasteiger partial charge in [0.2, 0.25) is 15.9 Å². The molecule has 11 heteroatoms. The summed E-state index contributed by atoms with van der Waals surface area (Å²) in [6, 6.07) is 3.21. The summed E-state index contributed by atoms with van der Waals surface area (Å²) in [5.41, 5.74) is -0.249. The number of hydrogen-bond acceptors (Lipinski definition) is 7. The molecule has 0 bridgehead atoms. The highest BCUT2D eigenvalue weighted by Crippen LogP contribution is 2.28. The number of nitro groups is 1. The molecule has 1 saturated heterocycles. The number of sulfonamides is 1. The zero-order valence-corrected chi connectivity index (χ0v) is 17.1. The molecule has 0 aliphatic carbocycles. The van der Waals surface area contributed by atoms with E-state index in [0.717, 1.165) is 37.6 Å². The van der Waals surface area contributed by atoms with Crippen molar-refractivity contribution >= 4 is 21.6 Å². The van der Waals surface area contributed by atoms with Crippen molar-refractivity contribution in [1.82, 2.24) is 14.5 Å². The number of carbonyl (C=O) groups excluding carboxylic acids is 1.